The first-order chi connectivity index (χ1) is 9.03. The summed E-state index contributed by atoms with van der Waals surface area (Å²) in [6, 6.07) is 1.21. The summed E-state index contributed by atoms with van der Waals surface area (Å²) < 4.78 is 87.2. The molecule has 0 aliphatic heterocycles. The van der Waals surface area contributed by atoms with Crippen molar-refractivity contribution in [2.45, 2.75) is 23.9 Å². The summed E-state index contributed by atoms with van der Waals surface area (Å²) in [5.41, 5.74) is 4.81. The number of nitrogens with one attached hydrogen (secondary N) is 1. The molecule has 0 radical (unpaired) electrons. The van der Waals surface area contributed by atoms with Gasteiger partial charge in [-0.3, -0.25) is 0 Å². The first-order valence-electron chi connectivity index (χ1n) is 5.34. The van der Waals surface area contributed by atoms with E-state index in [0.717, 1.165) is 0 Å². The Kier molecular flexibility index (Phi) is 4.92. The van der Waals surface area contributed by atoms with Crippen LogP contribution in [-0.4, -0.2) is 21.1 Å². The molecular weight excluding hydrogens is 307 g/mol. The van der Waals surface area contributed by atoms with Gasteiger partial charge in [-0.25, -0.2) is 21.9 Å². The number of nitrogen functional groups attached to an aromatic ring is 1. The summed E-state index contributed by atoms with van der Waals surface area (Å²) in [6.45, 7) is -0.592. The number of halogens is 5. The first-order valence-corrected chi connectivity index (χ1v) is 6.82. The van der Waals surface area contributed by atoms with Crippen molar-refractivity contribution in [2.24, 2.45) is 0 Å². The lowest BCUT2D eigenvalue weighted by atomic mass is 10.3. The van der Waals surface area contributed by atoms with Crippen LogP contribution in [0.25, 0.3) is 0 Å². The zero-order chi connectivity index (χ0) is 15.6. The maximum atomic E-state index is 13.4. The average molecular weight is 318 g/mol. The molecule has 0 unspecified atom stereocenters. The fraction of sp³-hybridized carbons (Fsp3) is 0.400. The third kappa shape index (κ3) is 4.60. The van der Waals surface area contributed by atoms with E-state index in [1.165, 1.54) is 0 Å². The van der Waals surface area contributed by atoms with Crippen LogP contribution in [0.4, 0.5) is 27.6 Å². The van der Waals surface area contributed by atoms with E-state index in [-0.39, 0.29) is 5.69 Å². The number of sulfonamides is 1. The van der Waals surface area contributed by atoms with Crippen LogP contribution < -0.4 is 10.5 Å². The van der Waals surface area contributed by atoms with Gasteiger partial charge in [0.05, 0.1) is 0 Å². The second-order valence-corrected chi connectivity index (χ2v) is 5.63. The van der Waals surface area contributed by atoms with Gasteiger partial charge in [-0.05, 0) is 18.6 Å². The molecule has 4 nitrogen and oxygen atoms in total. The summed E-state index contributed by atoms with van der Waals surface area (Å²) in [4.78, 5) is -1.27. The van der Waals surface area contributed by atoms with Gasteiger partial charge in [0.15, 0.2) is 4.90 Å². The Bertz CT molecular complexity index is 563. The van der Waals surface area contributed by atoms with Crippen molar-refractivity contribution in [1.29, 1.82) is 0 Å². The Morgan fingerprint density at radius 2 is 1.65 bits per heavy atom. The van der Waals surface area contributed by atoms with E-state index in [1.54, 1.807) is 4.72 Å². The molecule has 0 saturated heterocycles. The molecule has 0 bridgehead atoms. The first kappa shape index (κ1) is 16.6. The van der Waals surface area contributed by atoms with Crippen molar-refractivity contribution in [3.8, 4) is 0 Å². The number of rotatable bonds is 5. The van der Waals surface area contributed by atoms with Crippen LogP contribution in [0.3, 0.4) is 0 Å². The predicted molar refractivity (Wildman–Crippen MR) is 61.2 cm³/mol. The number of hydrogen-bond acceptors (Lipinski definition) is 3. The lowest BCUT2D eigenvalue weighted by Gasteiger charge is -2.10. The number of anilines is 1. The van der Waals surface area contributed by atoms with Gasteiger partial charge in [0.1, 0.15) is 11.6 Å². The van der Waals surface area contributed by atoms with Crippen molar-refractivity contribution in [3.63, 3.8) is 0 Å². The molecule has 0 heterocycles. The standard InChI is InChI=1S/C10H11F5N2O2S/c11-7-4-6(16)5-8(12)9(7)20(18,19)17-3-1-2-10(13,14)15/h4-5,17H,1-3,16H2. The van der Waals surface area contributed by atoms with E-state index in [9.17, 15) is 30.4 Å². The fourth-order valence-corrected chi connectivity index (χ4v) is 2.59. The Morgan fingerprint density at radius 3 is 2.10 bits per heavy atom. The highest BCUT2D eigenvalue weighted by Gasteiger charge is 2.28. The van der Waals surface area contributed by atoms with E-state index < -0.39 is 52.1 Å². The minimum absolute atomic E-state index is 0.309. The highest BCUT2D eigenvalue weighted by atomic mass is 32.2. The van der Waals surface area contributed by atoms with Gasteiger partial charge in [0, 0.05) is 18.7 Å². The molecule has 1 rings (SSSR count). The predicted octanol–water partition coefficient (Wildman–Crippen LogP) is 2.17. The maximum absolute atomic E-state index is 13.4. The lowest BCUT2D eigenvalue weighted by molar-refractivity contribution is -0.135. The largest absolute Gasteiger partial charge is 0.399 e. The second kappa shape index (κ2) is 5.92. The zero-order valence-corrected chi connectivity index (χ0v) is 10.8. The van der Waals surface area contributed by atoms with Gasteiger partial charge < -0.3 is 5.73 Å². The van der Waals surface area contributed by atoms with E-state index in [0.29, 0.717) is 12.1 Å². The van der Waals surface area contributed by atoms with Crippen molar-refractivity contribution < 1.29 is 30.4 Å². The van der Waals surface area contributed by atoms with Gasteiger partial charge in [0.2, 0.25) is 10.0 Å². The third-order valence-electron chi connectivity index (χ3n) is 2.22. The van der Waals surface area contributed by atoms with Crippen molar-refractivity contribution in [1.82, 2.24) is 4.72 Å². The molecule has 0 amide bonds. The van der Waals surface area contributed by atoms with E-state index in [2.05, 4.69) is 0 Å². The van der Waals surface area contributed by atoms with Crippen LogP contribution in [0.2, 0.25) is 0 Å². The Hall–Kier alpha value is -1.42. The fourth-order valence-electron chi connectivity index (χ4n) is 1.40. The van der Waals surface area contributed by atoms with Crippen LogP contribution in [0.1, 0.15) is 12.8 Å². The van der Waals surface area contributed by atoms with Crippen molar-refractivity contribution in [2.75, 3.05) is 12.3 Å². The SMILES string of the molecule is Nc1cc(F)c(S(=O)(=O)NCCCC(F)(F)F)c(F)c1. The zero-order valence-electron chi connectivity index (χ0n) is 9.97. The minimum atomic E-state index is -4.58. The molecule has 0 fully saturated rings. The molecule has 10 heteroatoms. The van der Waals surface area contributed by atoms with E-state index >= 15 is 0 Å². The molecular formula is C10H11F5N2O2S. The molecule has 0 aliphatic carbocycles. The summed E-state index contributed by atoms with van der Waals surface area (Å²) in [5, 5.41) is 0. The summed E-state index contributed by atoms with van der Waals surface area (Å²) in [6.07, 6.45) is -6.17. The normalized spacial score (nSPS) is 12.7. The summed E-state index contributed by atoms with van der Waals surface area (Å²) in [5.74, 6) is -2.82. The molecule has 0 aromatic heterocycles. The van der Waals surface area contributed by atoms with Gasteiger partial charge in [-0.15, -0.1) is 0 Å². The molecule has 1 aromatic carbocycles. The second-order valence-electron chi connectivity index (χ2n) is 3.93. The summed E-state index contributed by atoms with van der Waals surface area (Å²) >= 11 is 0. The van der Waals surface area contributed by atoms with Crippen LogP contribution in [0.5, 0.6) is 0 Å². The van der Waals surface area contributed by atoms with Gasteiger partial charge in [0.25, 0.3) is 0 Å². The number of hydrogen-bond donors (Lipinski definition) is 2. The number of benzene rings is 1. The van der Waals surface area contributed by atoms with Crippen LogP contribution in [-0.2, 0) is 10.0 Å². The molecule has 20 heavy (non-hydrogen) atoms. The van der Waals surface area contributed by atoms with Crippen LogP contribution in [0.15, 0.2) is 17.0 Å². The van der Waals surface area contributed by atoms with E-state index in [1.807, 2.05) is 0 Å². The molecule has 0 atom stereocenters. The molecule has 0 saturated carbocycles. The Balaban J connectivity index is 2.80. The average Bonchev–Trinajstić information content (AvgIpc) is 2.21. The van der Waals surface area contributed by atoms with Gasteiger partial charge >= 0.3 is 6.18 Å². The molecule has 114 valence electrons. The molecule has 1 aromatic rings. The third-order valence-corrected chi connectivity index (χ3v) is 3.73. The molecule has 3 N–H and O–H groups in total. The summed E-state index contributed by atoms with van der Waals surface area (Å²) in [7, 11) is -4.58. The number of nitrogens with two attached hydrogens (primary N) is 1. The van der Waals surface area contributed by atoms with Crippen LogP contribution in [0, 0.1) is 11.6 Å². The van der Waals surface area contributed by atoms with Gasteiger partial charge in [-0.1, -0.05) is 0 Å². The quantitative estimate of drug-likeness (QED) is 0.496. The topological polar surface area (TPSA) is 72.2 Å². The highest BCUT2D eigenvalue weighted by Crippen LogP contribution is 2.23. The molecule has 0 spiro atoms. The Morgan fingerprint density at radius 1 is 1.15 bits per heavy atom. The Labute approximate surface area is 111 Å². The monoisotopic (exact) mass is 318 g/mol. The smallest absolute Gasteiger partial charge is 0.389 e. The van der Waals surface area contributed by atoms with Crippen molar-refractivity contribution in [3.05, 3.63) is 23.8 Å². The van der Waals surface area contributed by atoms with Crippen LogP contribution >= 0.6 is 0 Å². The minimum Gasteiger partial charge on any atom is -0.399 e. The maximum Gasteiger partial charge on any atom is 0.389 e. The number of alkyl halides is 3. The lowest BCUT2D eigenvalue weighted by Crippen LogP contribution is -2.27. The molecule has 0 aliphatic rings. The van der Waals surface area contributed by atoms with Crippen molar-refractivity contribution >= 4 is 15.7 Å². The van der Waals surface area contributed by atoms with Gasteiger partial charge in [-0.2, -0.15) is 13.2 Å². The van der Waals surface area contributed by atoms with E-state index in [4.69, 9.17) is 5.73 Å². The highest BCUT2D eigenvalue weighted by molar-refractivity contribution is 7.89.